The number of thiazole rings is 1. The van der Waals surface area contributed by atoms with Gasteiger partial charge in [-0.3, -0.25) is 4.79 Å². The number of H-pyrrole nitrogens is 1. The zero-order chi connectivity index (χ0) is 17.8. The number of aliphatic hydroxyl groups excluding tert-OH is 1. The van der Waals surface area contributed by atoms with Crippen molar-refractivity contribution in [2.45, 2.75) is 11.3 Å². The number of aliphatic hydroxyl groups is 1. The fraction of sp³-hybridized carbons (Fsp3) is 0.188. The van der Waals surface area contributed by atoms with Crippen molar-refractivity contribution < 1.29 is 9.90 Å². The number of carbonyl (C=O) groups excluding carboxylic acids is 1. The number of aryl methyl sites for hydroxylation is 1. The normalized spacial score (nSPS) is 10.6. The Bertz CT molecular complexity index is 957. The van der Waals surface area contributed by atoms with Gasteiger partial charge >= 0.3 is 0 Å². The van der Waals surface area contributed by atoms with Crippen LogP contribution < -0.4 is 10.0 Å². The number of rotatable bonds is 6. The van der Waals surface area contributed by atoms with Crippen molar-refractivity contribution in [2.24, 2.45) is 0 Å². The van der Waals surface area contributed by atoms with Crippen LogP contribution in [0.1, 0.15) is 20.8 Å². The zero-order valence-corrected chi connectivity index (χ0v) is 14.9. The topological polar surface area (TPSA) is 114 Å². The Kier molecular flexibility index (Phi) is 5.23. The quantitative estimate of drug-likeness (QED) is 0.494. The van der Waals surface area contributed by atoms with E-state index in [4.69, 9.17) is 5.11 Å². The van der Waals surface area contributed by atoms with Gasteiger partial charge in [-0.15, -0.1) is 11.3 Å². The molecule has 0 atom stereocenters. The number of nitrogens with one attached hydrogen (secondary N) is 3. The van der Waals surface area contributed by atoms with Gasteiger partial charge in [-0.25, -0.2) is 4.98 Å². The Hall–Kier alpha value is -2.54. The molecule has 0 saturated heterocycles. The fourth-order valence-electron chi connectivity index (χ4n) is 2.36. The summed E-state index contributed by atoms with van der Waals surface area (Å²) < 4.78 is 3.91. The van der Waals surface area contributed by atoms with Crippen molar-refractivity contribution in [2.75, 3.05) is 17.9 Å². The third kappa shape index (κ3) is 3.61. The molecule has 0 aliphatic carbocycles. The third-order valence-corrected chi connectivity index (χ3v) is 5.41. The van der Waals surface area contributed by atoms with Gasteiger partial charge in [0, 0.05) is 30.1 Å². The lowest BCUT2D eigenvalue weighted by molar-refractivity contribution is 0.0948. The van der Waals surface area contributed by atoms with Gasteiger partial charge in [0.2, 0.25) is 0 Å². The number of benzene rings is 1. The lowest BCUT2D eigenvalue weighted by atomic mass is 10.1. The van der Waals surface area contributed by atoms with E-state index in [9.17, 15) is 10.1 Å². The van der Waals surface area contributed by atoms with Crippen molar-refractivity contribution >= 4 is 45.8 Å². The maximum atomic E-state index is 11.8. The van der Waals surface area contributed by atoms with E-state index in [-0.39, 0.29) is 19.1 Å². The van der Waals surface area contributed by atoms with Gasteiger partial charge in [0.05, 0.1) is 29.6 Å². The molecule has 9 heteroatoms. The van der Waals surface area contributed by atoms with Gasteiger partial charge in [0.1, 0.15) is 10.9 Å². The summed E-state index contributed by atoms with van der Waals surface area (Å²) in [7, 11) is 0. The highest BCUT2D eigenvalue weighted by molar-refractivity contribution is 8.02. The summed E-state index contributed by atoms with van der Waals surface area (Å²) in [5, 5.41) is 21.4. The first kappa shape index (κ1) is 17.3. The second kappa shape index (κ2) is 7.57. The number of hydrogen-bond donors (Lipinski definition) is 4. The summed E-state index contributed by atoms with van der Waals surface area (Å²) in [6, 6.07) is 6.08. The molecule has 0 fully saturated rings. The number of nitriles is 1. The Morgan fingerprint density at radius 3 is 3.12 bits per heavy atom. The van der Waals surface area contributed by atoms with Crippen LogP contribution in [-0.2, 0) is 0 Å². The maximum Gasteiger partial charge on any atom is 0.263 e. The average Bonchev–Trinajstić information content (AvgIpc) is 3.26. The van der Waals surface area contributed by atoms with E-state index in [1.807, 2.05) is 19.1 Å². The minimum atomic E-state index is -0.251. The third-order valence-electron chi connectivity index (χ3n) is 3.52. The van der Waals surface area contributed by atoms with Crippen molar-refractivity contribution in [1.82, 2.24) is 15.3 Å². The number of aromatic amines is 1. The predicted molar refractivity (Wildman–Crippen MR) is 98.8 cm³/mol. The van der Waals surface area contributed by atoms with Gasteiger partial charge in [-0.1, -0.05) is 6.07 Å². The van der Waals surface area contributed by atoms with Gasteiger partial charge in [-0.05, 0) is 18.6 Å². The molecule has 1 amide bonds. The Balaban J connectivity index is 1.75. The highest BCUT2D eigenvalue weighted by Gasteiger charge is 2.13. The molecule has 25 heavy (non-hydrogen) atoms. The maximum absolute atomic E-state index is 11.8. The van der Waals surface area contributed by atoms with Crippen LogP contribution in [0.15, 0.2) is 28.9 Å². The average molecular weight is 373 g/mol. The highest BCUT2D eigenvalue weighted by Crippen LogP contribution is 2.32. The van der Waals surface area contributed by atoms with Crippen LogP contribution in [0.25, 0.3) is 10.9 Å². The summed E-state index contributed by atoms with van der Waals surface area (Å²) in [4.78, 5) is 19.6. The molecule has 3 rings (SSSR count). The molecule has 1 aromatic carbocycles. The molecule has 0 saturated carbocycles. The van der Waals surface area contributed by atoms with Crippen molar-refractivity contribution in [3.8, 4) is 6.07 Å². The van der Waals surface area contributed by atoms with E-state index >= 15 is 0 Å². The number of anilines is 1. The van der Waals surface area contributed by atoms with E-state index in [2.05, 4.69) is 26.1 Å². The first-order valence-corrected chi connectivity index (χ1v) is 9.06. The largest absolute Gasteiger partial charge is 0.395 e. The second-order valence-corrected chi connectivity index (χ2v) is 7.25. The number of amides is 1. The number of hydrogen-bond acceptors (Lipinski definition) is 7. The van der Waals surface area contributed by atoms with Gasteiger partial charge in [0.25, 0.3) is 5.91 Å². The molecule has 0 bridgehead atoms. The minimum absolute atomic E-state index is 0.0992. The number of aromatic nitrogens is 2. The molecule has 0 radical (unpaired) electrons. The highest BCUT2D eigenvalue weighted by atomic mass is 32.2. The molecule has 0 aliphatic heterocycles. The van der Waals surface area contributed by atoms with Gasteiger partial charge in [0.15, 0.2) is 4.34 Å². The van der Waals surface area contributed by atoms with E-state index in [0.29, 0.717) is 14.8 Å². The summed E-state index contributed by atoms with van der Waals surface area (Å²) in [5.74, 6) is -0.251. The van der Waals surface area contributed by atoms with Crippen molar-refractivity contribution in [3.05, 3.63) is 40.5 Å². The second-order valence-electron chi connectivity index (χ2n) is 5.17. The molecule has 4 N–H and O–H groups in total. The molecule has 7 nitrogen and oxygen atoms in total. The van der Waals surface area contributed by atoms with Crippen molar-refractivity contribution in [3.63, 3.8) is 0 Å². The van der Waals surface area contributed by atoms with Crippen LogP contribution in [0.5, 0.6) is 0 Å². The predicted octanol–water partition coefficient (Wildman–Crippen LogP) is 2.65. The number of nitrogens with zero attached hydrogens (tertiary/aromatic N) is 2. The molecular weight excluding hydrogens is 358 g/mol. The summed E-state index contributed by atoms with van der Waals surface area (Å²) in [5.41, 5.74) is 3.34. The molecular formula is C16H15N5O2S2. The van der Waals surface area contributed by atoms with E-state index in [0.717, 1.165) is 22.2 Å². The fourth-order valence-corrected chi connectivity index (χ4v) is 3.96. The molecule has 0 spiro atoms. The molecule has 2 heterocycles. The Morgan fingerprint density at radius 2 is 2.36 bits per heavy atom. The summed E-state index contributed by atoms with van der Waals surface area (Å²) >= 11 is 2.56. The van der Waals surface area contributed by atoms with Crippen LogP contribution >= 0.6 is 23.3 Å². The van der Waals surface area contributed by atoms with Gasteiger partial charge in [-0.2, -0.15) is 5.26 Å². The Morgan fingerprint density at radius 1 is 1.52 bits per heavy atom. The smallest absolute Gasteiger partial charge is 0.263 e. The van der Waals surface area contributed by atoms with Crippen LogP contribution in [0, 0.1) is 18.3 Å². The zero-order valence-electron chi connectivity index (χ0n) is 13.3. The standard InChI is InChI=1S/C16H15N5O2S2/c1-9-2-3-11(14-13(9)10(6-17)7-19-14)21-25-16-20-8-12(24-16)15(23)18-4-5-22/h2-3,7-8,19,21-22H,4-5H2,1H3,(H,18,23). The van der Waals surface area contributed by atoms with Crippen LogP contribution in [-0.4, -0.2) is 34.1 Å². The number of fused-ring (bicyclic) bond motifs is 1. The first-order chi connectivity index (χ1) is 12.1. The Labute approximate surface area is 152 Å². The molecule has 2 aromatic heterocycles. The van der Waals surface area contributed by atoms with Gasteiger partial charge < -0.3 is 20.1 Å². The molecule has 0 aliphatic rings. The molecule has 3 aromatic rings. The lowest BCUT2D eigenvalue weighted by Crippen LogP contribution is -2.25. The molecule has 0 unspecified atom stereocenters. The van der Waals surface area contributed by atoms with Crippen molar-refractivity contribution in [1.29, 1.82) is 5.26 Å². The summed E-state index contributed by atoms with van der Waals surface area (Å²) in [6.45, 7) is 2.08. The summed E-state index contributed by atoms with van der Waals surface area (Å²) in [6.07, 6.45) is 3.20. The first-order valence-electron chi connectivity index (χ1n) is 7.42. The van der Waals surface area contributed by atoms with E-state index in [1.165, 1.54) is 29.5 Å². The molecule has 128 valence electrons. The SMILES string of the molecule is Cc1ccc(NSc2ncc(C(=O)NCCO)s2)c2[nH]cc(C#N)c12. The van der Waals surface area contributed by atoms with Crippen LogP contribution in [0.4, 0.5) is 5.69 Å². The van der Waals surface area contributed by atoms with Crippen LogP contribution in [0.3, 0.4) is 0 Å². The van der Waals surface area contributed by atoms with Crippen LogP contribution in [0.2, 0.25) is 0 Å². The van der Waals surface area contributed by atoms with E-state index < -0.39 is 0 Å². The number of carbonyl (C=O) groups is 1. The lowest BCUT2D eigenvalue weighted by Gasteiger charge is -2.06. The minimum Gasteiger partial charge on any atom is -0.395 e. The van der Waals surface area contributed by atoms with E-state index in [1.54, 1.807) is 6.20 Å². The monoisotopic (exact) mass is 373 g/mol.